The SMILES string of the molecule is Cc1c(Cl)cccc1NC(=O)CN(c1ccc(F)cc1F)S(C)(=O)=O. The van der Waals surface area contributed by atoms with Crippen LogP contribution >= 0.6 is 11.6 Å². The monoisotopic (exact) mass is 388 g/mol. The molecule has 25 heavy (non-hydrogen) atoms. The van der Waals surface area contributed by atoms with Gasteiger partial charge in [0.2, 0.25) is 15.9 Å². The van der Waals surface area contributed by atoms with Crippen molar-refractivity contribution in [1.82, 2.24) is 0 Å². The number of nitrogens with one attached hydrogen (secondary N) is 1. The number of rotatable bonds is 5. The maximum atomic E-state index is 13.9. The minimum Gasteiger partial charge on any atom is -0.324 e. The van der Waals surface area contributed by atoms with Crippen LogP contribution in [0.5, 0.6) is 0 Å². The second-order valence-electron chi connectivity index (χ2n) is 5.33. The minimum atomic E-state index is -3.97. The predicted molar refractivity (Wildman–Crippen MR) is 93.4 cm³/mol. The molecule has 0 aliphatic rings. The van der Waals surface area contributed by atoms with Crippen molar-refractivity contribution in [1.29, 1.82) is 0 Å². The first-order valence-corrected chi connectivity index (χ1v) is 9.30. The molecule has 0 aliphatic heterocycles. The molecule has 0 heterocycles. The average molecular weight is 389 g/mol. The Morgan fingerprint density at radius 2 is 1.92 bits per heavy atom. The van der Waals surface area contributed by atoms with Crippen LogP contribution in [-0.4, -0.2) is 27.1 Å². The van der Waals surface area contributed by atoms with Crippen molar-refractivity contribution in [2.75, 3.05) is 22.4 Å². The highest BCUT2D eigenvalue weighted by molar-refractivity contribution is 7.92. The first-order valence-electron chi connectivity index (χ1n) is 7.07. The fourth-order valence-electron chi connectivity index (χ4n) is 2.13. The van der Waals surface area contributed by atoms with Crippen LogP contribution in [0.25, 0.3) is 0 Å². The summed E-state index contributed by atoms with van der Waals surface area (Å²) >= 11 is 5.96. The molecule has 5 nitrogen and oxygen atoms in total. The summed E-state index contributed by atoms with van der Waals surface area (Å²) in [4.78, 5) is 12.2. The van der Waals surface area contributed by atoms with Crippen LogP contribution in [0.4, 0.5) is 20.2 Å². The van der Waals surface area contributed by atoms with E-state index in [2.05, 4.69) is 5.32 Å². The first kappa shape index (κ1) is 19.1. The number of halogens is 3. The van der Waals surface area contributed by atoms with Gasteiger partial charge in [-0.05, 0) is 36.8 Å². The molecule has 1 amide bonds. The summed E-state index contributed by atoms with van der Waals surface area (Å²) in [5, 5.41) is 2.96. The number of carbonyl (C=O) groups excluding carboxylic acids is 1. The molecule has 0 radical (unpaired) electrons. The Hall–Kier alpha value is -2.19. The minimum absolute atomic E-state index is 0.408. The van der Waals surface area contributed by atoms with Gasteiger partial charge in [0, 0.05) is 16.8 Å². The Balaban J connectivity index is 2.29. The maximum Gasteiger partial charge on any atom is 0.245 e. The topological polar surface area (TPSA) is 66.5 Å². The smallest absolute Gasteiger partial charge is 0.245 e. The number of benzene rings is 2. The lowest BCUT2D eigenvalue weighted by atomic mass is 10.2. The van der Waals surface area contributed by atoms with Crippen molar-refractivity contribution in [2.45, 2.75) is 6.92 Å². The molecule has 0 fully saturated rings. The standard InChI is InChI=1S/C16H15ClF2N2O3S/c1-10-12(17)4-3-5-14(10)20-16(22)9-21(25(2,23)24)15-7-6-11(18)8-13(15)19/h3-8H,9H2,1-2H3,(H,20,22). The fourth-order valence-corrected chi connectivity index (χ4v) is 3.16. The number of amides is 1. The second-order valence-corrected chi connectivity index (χ2v) is 7.64. The summed E-state index contributed by atoms with van der Waals surface area (Å²) in [7, 11) is -3.97. The summed E-state index contributed by atoms with van der Waals surface area (Å²) in [6.45, 7) is 1.01. The summed E-state index contributed by atoms with van der Waals surface area (Å²) in [5.41, 5.74) is 0.601. The molecule has 2 aromatic carbocycles. The molecule has 0 saturated carbocycles. The Kier molecular flexibility index (Phi) is 5.64. The van der Waals surface area contributed by atoms with Gasteiger partial charge in [-0.15, -0.1) is 0 Å². The van der Waals surface area contributed by atoms with E-state index in [0.717, 1.165) is 18.4 Å². The third kappa shape index (κ3) is 4.67. The van der Waals surface area contributed by atoms with Gasteiger partial charge in [0.25, 0.3) is 0 Å². The van der Waals surface area contributed by atoms with Crippen LogP contribution < -0.4 is 9.62 Å². The molecule has 0 aliphatic carbocycles. The molecule has 0 unspecified atom stereocenters. The molecule has 2 rings (SSSR count). The van der Waals surface area contributed by atoms with E-state index in [0.29, 0.717) is 26.6 Å². The van der Waals surface area contributed by atoms with Gasteiger partial charge in [-0.25, -0.2) is 17.2 Å². The van der Waals surface area contributed by atoms with Crippen molar-refractivity contribution >= 4 is 38.9 Å². The second kappa shape index (κ2) is 7.37. The van der Waals surface area contributed by atoms with Gasteiger partial charge < -0.3 is 5.32 Å². The molecule has 9 heteroatoms. The highest BCUT2D eigenvalue weighted by atomic mass is 35.5. The lowest BCUT2D eigenvalue weighted by molar-refractivity contribution is -0.114. The third-order valence-corrected chi connectivity index (χ3v) is 4.94. The van der Waals surface area contributed by atoms with E-state index in [1.165, 1.54) is 0 Å². The molecule has 0 bridgehead atoms. The molecule has 1 N–H and O–H groups in total. The van der Waals surface area contributed by atoms with Crippen LogP contribution in [-0.2, 0) is 14.8 Å². The number of anilines is 2. The molecule has 0 aromatic heterocycles. The lowest BCUT2D eigenvalue weighted by Gasteiger charge is -2.22. The highest BCUT2D eigenvalue weighted by Crippen LogP contribution is 2.25. The molecular weight excluding hydrogens is 374 g/mol. The third-order valence-electron chi connectivity index (χ3n) is 3.41. The van der Waals surface area contributed by atoms with E-state index in [1.54, 1.807) is 25.1 Å². The van der Waals surface area contributed by atoms with Gasteiger partial charge in [-0.3, -0.25) is 9.10 Å². The van der Waals surface area contributed by atoms with Crippen molar-refractivity contribution in [2.24, 2.45) is 0 Å². The van der Waals surface area contributed by atoms with Crippen LogP contribution in [0.1, 0.15) is 5.56 Å². The van der Waals surface area contributed by atoms with Gasteiger partial charge in [0.1, 0.15) is 18.2 Å². The van der Waals surface area contributed by atoms with Crippen molar-refractivity contribution < 1.29 is 22.0 Å². The molecular formula is C16H15ClF2N2O3S. The quantitative estimate of drug-likeness (QED) is 0.854. The number of carbonyl (C=O) groups is 1. The summed E-state index contributed by atoms with van der Waals surface area (Å²) in [6, 6.07) is 7.29. The molecule has 0 spiro atoms. The Labute approximate surface area is 149 Å². The van der Waals surface area contributed by atoms with Crippen molar-refractivity contribution in [3.05, 3.63) is 58.6 Å². The number of nitrogens with zero attached hydrogens (tertiary/aromatic N) is 1. The molecule has 0 saturated heterocycles. The van der Waals surface area contributed by atoms with E-state index in [4.69, 9.17) is 11.6 Å². The maximum absolute atomic E-state index is 13.9. The van der Waals surface area contributed by atoms with E-state index >= 15 is 0 Å². The van der Waals surface area contributed by atoms with E-state index < -0.39 is 39.8 Å². The normalized spacial score (nSPS) is 11.2. The number of sulfonamides is 1. The first-order chi connectivity index (χ1) is 11.6. The Morgan fingerprint density at radius 1 is 1.24 bits per heavy atom. The van der Waals surface area contributed by atoms with Crippen molar-refractivity contribution in [3.8, 4) is 0 Å². The zero-order chi connectivity index (χ0) is 18.8. The molecule has 0 atom stereocenters. The fraction of sp³-hybridized carbons (Fsp3) is 0.188. The van der Waals surface area contributed by atoms with E-state index in [1.807, 2.05) is 0 Å². The van der Waals surface area contributed by atoms with Crippen molar-refractivity contribution in [3.63, 3.8) is 0 Å². The summed E-state index contributed by atoms with van der Waals surface area (Å²) in [6.07, 6.45) is 0.827. The molecule has 2 aromatic rings. The zero-order valence-electron chi connectivity index (χ0n) is 13.4. The summed E-state index contributed by atoms with van der Waals surface area (Å²) < 4.78 is 51.4. The van der Waals surface area contributed by atoms with Crippen LogP contribution in [0.15, 0.2) is 36.4 Å². The van der Waals surface area contributed by atoms with E-state index in [9.17, 15) is 22.0 Å². The van der Waals surface area contributed by atoms with Crippen LogP contribution in [0.3, 0.4) is 0 Å². The summed E-state index contributed by atoms with van der Waals surface area (Å²) in [5.74, 6) is -2.63. The van der Waals surface area contributed by atoms with Gasteiger partial charge in [-0.2, -0.15) is 0 Å². The largest absolute Gasteiger partial charge is 0.324 e. The number of hydrogen-bond donors (Lipinski definition) is 1. The molecule has 134 valence electrons. The van der Waals surface area contributed by atoms with Crippen LogP contribution in [0.2, 0.25) is 5.02 Å². The Bertz CT molecular complexity index is 920. The van der Waals surface area contributed by atoms with Gasteiger partial charge in [0.15, 0.2) is 0 Å². The van der Waals surface area contributed by atoms with E-state index in [-0.39, 0.29) is 0 Å². The number of hydrogen-bond acceptors (Lipinski definition) is 3. The van der Waals surface area contributed by atoms with Gasteiger partial charge in [0.05, 0.1) is 11.9 Å². The Morgan fingerprint density at radius 3 is 2.52 bits per heavy atom. The zero-order valence-corrected chi connectivity index (χ0v) is 15.0. The average Bonchev–Trinajstić information content (AvgIpc) is 2.49. The van der Waals surface area contributed by atoms with Gasteiger partial charge >= 0.3 is 0 Å². The predicted octanol–water partition coefficient (Wildman–Crippen LogP) is 3.33. The highest BCUT2D eigenvalue weighted by Gasteiger charge is 2.24. The lowest BCUT2D eigenvalue weighted by Crippen LogP contribution is -2.38. The van der Waals surface area contributed by atoms with Crippen LogP contribution in [0, 0.1) is 18.6 Å². The van der Waals surface area contributed by atoms with Gasteiger partial charge in [-0.1, -0.05) is 17.7 Å².